The first-order valence-corrected chi connectivity index (χ1v) is 8.27. The predicted molar refractivity (Wildman–Crippen MR) is 74.2 cm³/mol. The second-order valence-corrected chi connectivity index (χ2v) is 8.07. The summed E-state index contributed by atoms with van der Waals surface area (Å²) in [5.74, 6) is 5.62. The van der Waals surface area contributed by atoms with Crippen LogP contribution >= 0.6 is 0 Å². The molecule has 110 valence electrons. The van der Waals surface area contributed by atoms with Crippen molar-refractivity contribution in [2.75, 3.05) is 0 Å². The van der Waals surface area contributed by atoms with Crippen LogP contribution in [0, 0.1) is 64.6 Å². The van der Waals surface area contributed by atoms with Crippen LogP contribution in [0.4, 0.5) is 0 Å². The Kier molecular flexibility index (Phi) is 2.76. The maximum absolute atomic E-state index is 10.2. The van der Waals surface area contributed by atoms with E-state index < -0.39 is 6.29 Å². The highest BCUT2D eigenvalue weighted by Crippen LogP contribution is 2.70. The van der Waals surface area contributed by atoms with Crippen molar-refractivity contribution in [2.24, 2.45) is 53.3 Å². The van der Waals surface area contributed by atoms with Gasteiger partial charge in [-0.25, -0.2) is 0 Å². The highest BCUT2D eigenvalue weighted by Gasteiger charge is 2.68. The van der Waals surface area contributed by atoms with Crippen LogP contribution in [0.3, 0.4) is 0 Å². The summed E-state index contributed by atoms with van der Waals surface area (Å²) in [5, 5.41) is 19.6. The van der Waals surface area contributed by atoms with Gasteiger partial charge >= 0.3 is 0 Å². The third kappa shape index (κ3) is 1.42. The normalized spacial score (nSPS) is 59.8. The summed E-state index contributed by atoms with van der Waals surface area (Å²) >= 11 is 0. The van der Waals surface area contributed by atoms with Crippen LogP contribution in [0.1, 0.15) is 33.6 Å². The van der Waals surface area contributed by atoms with E-state index in [9.17, 15) is 10.4 Å². The Labute approximate surface area is 121 Å². The van der Waals surface area contributed by atoms with Crippen LogP contribution in [0.2, 0.25) is 0 Å². The molecule has 1 aliphatic heterocycles. The van der Waals surface area contributed by atoms with Crippen molar-refractivity contribution < 1.29 is 9.84 Å². The quantitative estimate of drug-likeness (QED) is 0.800. The number of nitrogens with zero attached hydrogens (tertiary/aromatic N) is 1. The molecule has 1 heterocycles. The van der Waals surface area contributed by atoms with E-state index in [1.165, 1.54) is 12.8 Å². The zero-order valence-corrected chi connectivity index (χ0v) is 12.6. The van der Waals surface area contributed by atoms with Crippen molar-refractivity contribution in [1.29, 1.82) is 5.26 Å². The Morgan fingerprint density at radius 3 is 2.45 bits per heavy atom. The Morgan fingerprint density at radius 2 is 1.80 bits per heavy atom. The SMILES string of the molecule is CC(C)C1CC(C)C2C3CC(C4C(C#N)OC(O)C34)C12. The van der Waals surface area contributed by atoms with E-state index in [2.05, 4.69) is 26.8 Å². The average Bonchev–Trinajstić information content (AvgIpc) is 3.09. The number of hydrogen-bond donors (Lipinski definition) is 1. The molecular weight excluding hydrogens is 250 g/mol. The van der Waals surface area contributed by atoms with Crippen LogP contribution in [-0.4, -0.2) is 17.5 Å². The van der Waals surface area contributed by atoms with Crippen molar-refractivity contribution in [3.8, 4) is 6.07 Å². The summed E-state index contributed by atoms with van der Waals surface area (Å²) in [7, 11) is 0. The molecule has 0 aromatic rings. The van der Waals surface area contributed by atoms with E-state index >= 15 is 0 Å². The van der Waals surface area contributed by atoms with E-state index in [1.54, 1.807) is 0 Å². The van der Waals surface area contributed by atoms with Gasteiger partial charge in [0.15, 0.2) is 12.4 Å². The lowest BCUT2D eigenvalue weighted by atomic mass is 9.65. The third-order valence-corrected chi connectivity index (χ3v) is 7.15. The molecule has 2 bridgehead atoms. The number of aliphatic hydroxyl groups excluding tert-OH is 1. The smallest absolute Gasteiger partial charge is 0.159 e. The lowest BCUT2D eigenvalue weighted by molar-refractivity contribution is -0.109. The number of hydrogen-bond acceptors (Lipinski definition) is 3. The fraction of sp³-hybridized carbons (Fsp3) is 0.941. The van der Waals surface area contributed by atoms with Gasteiger partial charge in [-0.05, 0) is 54.3 Å². The van der Waals surface area contributed by atoms with Crippen molar-refractivity contribution >= 4 is 0 Å². The highest BCUT2D eigenvalue weighted by atomic mass is 16.6. The summed E-state index contributed by atoms with van der Waals surface area (Å²) in [6.07, 6.45) is 1.52. The Hall–Kier alpha value is -0.590. The van der Waals surface area contributed by atoms with Crippen molar-refractivity contribution in [1.82, 2.24) is 0 Å². The van der Waals surface area contributed by atoms with Crippen molar-refractivity contribution in [3.05, 3.63) is 0 Å². The zero-order chi connectivity index (χ0) is 14.2. The Morgan fingerprint density at radius 1 is 1.10 bits per heavy atom. The molecule has 0 radical (unpaired) electrons. The monoisotopic (exact) mass is 275 g/mol. The summed E-state index contributed by atoms with van der Waals surface area (Å²) < 4.78 is 5.55. The number of ether oxygens (including phenoxy) is 1. The van der Waals surface area contributed by atoms with E-state index in [0.717, 1.165) is 29.6 Å². The number of rotatable bonds is 1. The number of fused-ring (bicyclic) bond motifs is 8. The predicted octanol–water partition coefficient (Wildman–Crippen LogP) is 2.65. The van der Waals surface area contributed by atoms with Gasteiger partial charge in [0.05, 0.1) is 6.07 Å². The van der Waals surface area contributed by atoms with E-state index in [4.69, 9.17) is 4.74 Å². The third-order valence-electron chi connectivity index (χ3n) is 7.15. The molecule has 0 amide bonds. The summed E-state index contributed by atoms with van der Waals surface area (Å²) in [5.41, 5.74) is 0. The summed E-state index contributed by atoms with van der Waals surface area (Å²) in [4.78, 5) is 0. The van der Waals surface area contributed by atoms with Gasteiger partial charge in [-0.1, -0.05) is 20.8 Å². The molecule has 4 fully saturated rings. The van der Waals surface area contributed by atoms with Crippen molar-refractivity contribution in [2.45, 2.75) is 46.0 Å². The van der Waals surface area contributed by atoms with E-state index in [-0.39, 0.29) is 12.0 Å². The fourth-order valence-electron chi connectivity index (χ4n) is 6.74. The van der Waals surface area contributed by atoms with Gasteiger partial charge in [-0.2, -0.15) is 5.26 Å². The molecule has 1 saturated heterocycles. The molecule has 10 unspecified atom stereocenters. The fourth-order valence-corrected chi connectivity index (χ4v) is 6.74. The van der Waals surface area contributed by atoms with Gasteiger partial charge < -0.3 is 9.84 Å². The van der Waals surface area contributed by atoms with Crippen LogP contribution in [-0.2, 0) is 4.74 Å². The van der Waals surface area contributed by atoms with E-state index in [1.807, 2.05) is 0 Å². The minimum Gasteiger partial charge on any atom is -0.368 e. The molecule has 3 aliphatic carbocycles. The Balaban J connectivity index is 1.70. The lowest BCUT2D eigenvalue weighted by Gasteiger charge is -2.38. The average molecular weight is 275 g/mol. The maximum atomic E-state index is 10.2. The molecule has 10 atom stereocenters. The van der Waals surface area contributed by atoms with Crippen LogP contribution in [0.5, 0.6) is 0 Å². The molecule has 3 heteroatoms. The van der Waals surface area contributed by atoms with Gasteiger partial charge in [-0.15, -0.1) is 0 Å². The van der Waals surface area contributed by atoms with Gasteiger partial charge in [0, 0.05) is 11.8 Å². The van der Waals surface area contributed by atoms with Crippen LogP contribution in [0.15, 0.2) is 0 Å². The largest absolute Gasteiger partial charge is 0.368 e. The molecule has 1 N–H and O–H groups in total. The molecule has 0 spiro atoms. The zero-order valence-electron chi connectivity index (χ0n) is 12.6. The molecule has 4 rings (SSSR count). The first kappa shape index (κ1) is 13.1. The van der Waals surface area contributed by atoms with E-state index in [0.29, 0.717) is 17.8 Å². The van der Waals surface area contributed by atoms with Crippen LogP contribution < -0.4 is 0 Å². The lowest BCUT2D eigenvalue weighted by Crippen LogP contribution is -2.39. The van der Waals surface area contributed by atoms with Gasteiger partial charge in [0.2, 0.25) is 0 Å². The first-order chi connectivity index (χ1) is 9.54. The van der Waals surface area contributed by atoms with Crippen molar-refractivity contribution in [3.63, 3.8) is 0 Å². The molecular formula is C17H25NO2. The topological polar surface area (TPSA) is 53.2 Å². The van der Waals surface area contributed by atoms with Gasteiger partial charge in [0.1, 0.15) is 0 Å². The number of aliphatic hydroxyl groups is 1. The molecule has 0 aromatic carbocycles. The first-order valence-electron chi connectivity index (χ1n) is 8.27. The summed E-state index contributed by atoms with van der Waals surface area (Å²) in [6, 6.07) is 2.30. The molecule has 4 aliphatic rings. The minimum absolute atomic E-state index is 0.235. The van der Waals surface area contributed by atoms with Gasteiger partial charge in [0.25, 0.3) is 0 Å². The minimum atomic E-state index is -0.689. The Bertz CT molecular complexity index is 456. The summed E-state index contributed by atoms with van der Waals surface area (Å²) in [6.45, 7) is 7.11. The second-order valence-electron chi connectivity index (χ2n) is 8.07. The molecule has 3 nitrogen and oxygen atoms in total. The highest BCUT2D eigenvalue weighted by molar-refractivity contribution is 5.17. The molecule has 0 aromatic heterocycles. The maximum Gasteiger partial charge on any atom is 0.159 e. The number of nitriles is 1. The van der Waals surface area contributed by atoms with Gasteiger partial charge in [-0.3, -0.25) is 0 Å². The molecule has 3 saturated carbocycles. The second kappa shape index (κ2) is 4.21. The molecule has 20 heavy (non-hydrogen) atoms. The standard InChI is InChI=1S/C17H25NO2/c1-7(2)9-4-8(3)13-10-5-11(14(9)13)15-12(6-18)20-17(19)16(10)15/h7-17,19H,4-5H2,1-3H3. The van der Waals surface area contributed by atoms with Crippen LogP contribution in [0.25, 0.3) is 0 Å².